The molecular formula is C26H36BrN3O5S. The van der Waals surface area contributed by atoms with Crippen molar-refractivity contribution in [2.24, 2.45) is 0 Å². The van der Waals surface area contributed by atoms with Crippen molar-refractivity contribution in [3.8, 4) is 5.75 Å². The average Bonchev–Trinajstić information content (AvgIpc) is 2.84. The van der Waals surface area contributed by atoms with Crippen LogP contribution in [0, 0.1) is 0 Å². The van der Waals surface area contributed by atoms with E-state index in [-0.39, 0.29) is 31.3 Å². The van der Waals surface area contributed by atoms with Gasteiger partial charge in [0.1, 0.15) is 11.8 Å². The second-order valence-electron chi connectivity index (χ2n) is 8.61. The Hall–Kier alpha value is -2.59. The Kier molecular flexibility index (Phi) is 11.7. The van der Waals surface area contributed by atoms with Gasteiger partial charge in [-0.3, -0.25) is 13.9 Å². The Morgan fingerprint density at radius 2 is 1.81 bits per heavy atom. The van der Waals surface area contributed by atoms with Crippen LogP contribution < -0.4 is 14.4 Å². The minimum Gasteiger partial charge on any atom is -0.497 e. The number of unbranched alkanes of at least 4 members (excludes halogenated alkanes) is 1. The lowest BCUT2D eigenvalue weighted by Gasteiger charge is -2.29. The maximum Gasteiger partial charge on any atom is 0.242 e. The molecule has 0 saturated heterocycles. The van der Waals surface area contributed by atoms with E-state index in [1.807, 2.05) is 31.2 Å². The molecule has 0 aliphatic rings. The molecule has 10 heteroatoms. The number of carbonyl (C=O) groups is 2. The summed E-state index contributed by atoms with van der Waals surface area (Å²) in [5.41, 5.74) is 1.39. The molecule has 198 valence electrons. The van der Waals surface area contributed by atoms with E-state index >= 15 is 0 Å². The fourth-order valence-electron chi connectivity index (χ4n) is 3.70. The summed E-state index contributed by atoms with van der Waals surface area (Å²) in [5, 5.41) is 2.90. The topological polar surface area (TPSA) is 96.0 Å². The summed E-state index contributed by atoms with van der Waals surface area (Å²) in [6, 6.07) is 13.7. The predicted molar refractivity (Wildman–Crippen MR) is 146 cm³/mol. The first-order valence-electron chi connectivity index (χ1n) is 12.0. The molecule has 1 atom stereocenters. The number of methoxy groups -OCH3 is 1. The predicted octanol–water partition coefficient (Wildman–Crippen LogP) is 4.34. The molecule has 0 aliphatic carbocycles. The number of carbonyl (C=O) groups excluding carboxylic acids is 2. The number of nitrogens with one attached hydrogen (secondary N) is 1. The monoisotopic (exact) mass is 581 g/mol. The zero-order valence-corrected chi connectivity index (χ0v) is 23.8. The van der Waals surface area contributed by atoms with Gasteiger partial charge in [0.15, 0.2) is 0 Å². The largest absolute Gasteiger partial charge is 0.497 e. The third-order valence-corrected chi connectivity index (χ3v) is 7.44. The third-order valence-electron chi connectivity index (χ3n) is 5.75. The molecule has 2 amide bonds. The van der Waals surface area contributed by atoms with E-state index in [0.29, 0.717) is 24.4 Å². The summed E-state index contributed by atoms with van der Waals surface area (Å²) in [4.78, 5) is 27.6. The lowest BCUT2D eigenvalue weighted by atomic mass is 10.1. The van der Waals surface area contributed by atoms with Crippen LogP contribution in [-0.4, -0.2) is 57.6 Å². The van der Waals surface area contributed by atoms with Gasteiger partial charge in [-0.05, 0) is 61.7 Å². The molecular weight excluding hydrogens is 546 g/mol. The van der Waals surface area contributed by atoms with E-state index in [0.717, 1.165) is 29.1 Å². The minimum atomic E-state index is -3.55. The molecule has 8 nitrogen and oxygen atoms in total. The standard InChI is InChI=1S/C26H36BrN3O5S/c1-5-6-16-28-26(32)20(2)29(19-21-9-7-10-22(27)18-21)25(31)11-8-17-30(36(4,33)34)23-12-14-24(35-3)15-13-23/h7,9-10,12-15,18,20H,5-6,8,11,16-17,19H2,1-4H3,(H,28,32). The molecule has 36 heavy (non-hydrogen) atoms. The fraction of sp³-hybridized carbons (Fsp3) is 0.462. The molecule has 0 heterocycles. The van der Waals surface area contributed by atoms with Crippen LogP contribution in [0.5, 0.6) is 5.75 Å². The molecule has 0 saturated carbocycles. The van der Waals surface area contributed by atoms with Crippen molar-refractivity contribution in [2.75, 3.05) is 30.8 Å². The van der Waals surface area contributed by atoms with Gasteiger partial charge in [0.25, 0.3) is 0 Å². The molecule has 1 unspecified atom stereocenters. The summed E-state index contributed by atoms with van der Waals surface area (Å²) < 4.78 is 32.2. The van der Waals surface area contributed by atoms with E-state index in [1.54, 1.807) is 43.2 Å². The molecule has 2 rings (SSSR count). The molecule has 0 bridgehead atoms. The van der Waals surface area contributed by atoms with Gasteiger partial charge in [-0.15, -0.1) is 0 Å². The van der Waals surface area contributed by atoms with Crippen LogP contribution in [-0.2, 0) is 26.2 Å². The first-order chi connectivity index (χ1) is 17.1. The van der Waals surface area contributed by atoms with Crippen molar-refractivity contribution in [1.29, 1.82) is 0 Å². The first-order valence-corrected chi connectivity index (χ1v) is 14.6. The lowest BCUT2D eigenvalue weighted by molar-refractivity contribution is -0.140. The first kappa shape index (κ1) is 29.6. The molecule has 0 radical (unpaired) electrons. The van der Waals surface area contributed by atoms with Crippen molar-refractivity contribution < 1.29 is 22.7 Å². The van der Waals surface area contributed by atoms with Crippen LogP contribution in [0.2, 0.25) is 0 Å². The quantitative estimate of drug-likeness (QED) is 0.335. The van der Waals surface area contributed by atoms with Crippen LogP contribution in [0.1, 0.15) is 45.1 Å². The number of sulfonamides is 1. The Morgan fingerprint density at radius 1 is 1.11 bits per heavy atom. The van der Waals surface area contributed by atoms with E-state index < -0.39 is 16.1 Å². The van der Waals surface area contributed by atoms with Crippen LogP contribution >= 0.6 is 15.9 Å². The normalized spacial score (nSPS) is 12.0. The number of ether oxygens (including phenoxy) is 1. The number of halogens is 1. The Labute approximate surface area is 223 Å². The highest BCUT2D eigenvalue weighted by Gasteiger charge is 2.26. The smallest absolute Gasteiger partial charge is 0.242 e. The van der Waals surface area contributed by atoms with E-state index in [1.165, 1.54) is 4.31 Å². The van der Waals surface area contributed by atoms with Crippen molar-refractivity contribution in [3.05, 3.63) is 58.6 Å². The van der Waals surface area contributed by atoms with E-state index in [2.05, 4.69) is 21.2 Å². The highest BCUT2D eigenvalue weighted by molar-refractivity contribution is 9.10. The van der Waals surface area contributed by atoms with Crippen LogP contribution in [0.25, 0.3) is 0 Å². The van der Waals surface area contributed by atoms with Gasteiger partial charge >= 0.3 is 0 Å². The Morgan fingerprint density at radius 3 is 2.39 bits per heavy atom. The maximum atomic E-state index is 13.3. The second-order valence-corrected chi connectivity index (χ2v) is 11.4. The summed E-state index contributed by atoms with van der Waals surface area (Å²) in [6.45, 7) is 4.74. The van der Waals surface area contributed by atoms with Gasteiger partial charge in [0.05, 0.1) is 19.1 Å². The van der Waals surface area contributed by atoms with Gasteiger partial charge in [-0.1, -0.05) is 41.4 Å². The van der Waals surface area contributed by atoms with Gasteiger partial charge < -0.3 is 15.0 Å². The third kappa shape index (κ3) is 9.13. The fourth-order valence-corrected chi connectivity index (χ4v) is 5.12. The van der Waals surface area contributed by atoms with Gasteiger partial charge in [-0.25, -0.2) is 8.42 Å². The minimum absolute atomic E-state index is 0.1000. The molecule has 2 aromatic rings. The highest BCUT2D eigenvalue weighted by Crippen LogP contribution is 2.22. The average molecular weight is 583 g/mol. The number of nitrogens with zero attached hydrogens (tertiary/aromatic N) is 2. The number of benzene rings is 2. The Bertz CT molecular complexity index is 1110. The van der Waals surface area contributed by atoms with Crippen LogP contribution in [0.15, 0.2) is 53.0 Å². The number of hydrogen-bond donors (Lipinski definition) is 1. The van der Waals surface area contributed by atoms with Gasteiger partial charge in [0.2, 0.25) is 21.8 Å². The summed E-state index contributed by atoms with van der Waals surface area (Å²) >= 11 is 3.45. The van der Waals surface area contributed by atoms with Crippen molar-refractivity contribution in [3.63, 3.8) is 0 Å². The van der Waals surface area contributed by atoms with Crippen LogP contribution in [0.4, 0.5) is 5.69 Å². The maximum absolute atomic E-state index is 13.3. The zero-order chi connectivity index (χ0) is 26.7. The lowest BCUT2D eigenvalue weighted by Crippen LogP contribution is -2.48. The van der Waals surface area contributed by atoms with Crippen molar-refractivity contribution in [1.82, 2.24) is 10.2 Å². The molecule has 0 spiro atoms. The second kappa shape index (κ2) is 14.2. The molecule has 0 aliphatic heterocycles. The summed E-state index contributed by atoms with van der Waals surface area (Å²) in [6.07, 6.45) is 3.37. The van der Waals surface area contributed by atoms with Gasteiger partial charge in [-0.2, -0.15) is 0 Å². The Balaban J connectivity index is 2.14. The number of anilines is 1. The van der Waals surface area contributed by atoms with E-state index in [4.69, 9.17) is 4.74 Å². The summed E-state index contributed by atoms with van der Waals surface area (Å²) in [7, 11) is -2.01. The number of hydrogen-bond acceptors (Lipinski definition) is 5. The highest BCUT2D eigenvalue weighted by atomic mass is 79.9. The van der Waals surface area contributed by atoms with Crippen molar-refractivity contribution in [2.45, 2.75) is 52.1 Å². The zero-order valence-electron chi connectivity index (χ0n) is 21.4. The number of amides is 2. The molecule has 1 N–H and O–H groups in total. The molecule has 0 aromatic heterocycles. The van der Waals surface area contributed by atoms with Gasteiger partial charge in [0, 0.05) is 30.5 Å². The molecule has 0 fully saturated rings. The summed E-state index contributed by atoms with van der Waals surface area (Å²) in [5.74, 6) is 0.205. The van der Waals surface area contributed by atoms with Crippen molar-refractivity contribution >= 4 is 43.5 Å². The van der Waals surface area contributed by atoms with E-state index in [9.17, 15) is 18.0 Å². The molecule has 2 aromatic carbocycles. The van der Waals surface area contributed by atoms with Crippen LogP contribution in [0.3, 0.4) is 0 Å². The number of rotatable bonds is 14. The SMILES string of the molecule is CCCCNC(=O)C(C)N(Cc1cccc(Br)c1)C(=O)CCCN(c1ccc(OC)cc1)S(C)(=O)=O.